The summed E-state index contributed by atoms with van der Waals surface area (Å²) < 4.78 is 1.94. The lowest BCUT2D eigenvalue weighted by Gasteiger charge is -2.03. The van der Waals surface area contributed by atoms with Crippen LogP contribution in [-0.4, -0.2) is 19.7 Å². The van der Waals surface area contributed by atoms with E-state index in [9.17, 15) is 0 Å². The van der Waals surface area contributed by atoms with Crippen LogP contribution in [0, 0.1) is 0 Å². The number of allylic oxidation sites excluding steroid dienone is 1. The zero-order chi connectivity index (χ0) is 12.5. The maximum atomic E-state index is 4.36. The monoisotopic (exact) mass is 240 g/mol. The molecule has 1 aliphatic carbocycles. The first-order chi connectivity index (χ1) is 8.75. The number of hydrogen-bond acceptors (Lipinski definition) is 3. The molecular formula is C14H16N4. The first kappa shape index (κ1) is 11.1. The summed E-state index contributed by atoms with van der Waals surface area (Å²) >= 11 is 0. The van der Waals surface area contributed by atoms with Gasteiger partial charge in [-0.2, -0.15) is 5.10 Å². The molecular weight excluding hydrogens is 224 g/mol. The fraction of sp³-hybridized carbons (Fsp3) is 0.357. The number of nitrogens with zero attached hydrogens (tertiary/aromatic N) is 4. The molecule has 3 rings (SSSR count). The first-order valence-electron chi connectivity index (χ1n) is 6.22. The molecule has 2 aromatic rings. The van der Waals surface area contributed by atoms with Gasteiger partial charge in [0, 0.05) is 25.0 Å². The van der Waals surface area contributed by atoms with Crippen LogP contribution >= 0.6 is 0 Å². The minimum absolute atomic E-state index is 0.708. The SMILES string of the molecule is C/C(=C\c1c(C2CC2)cnn1C)c1cnccn1. The average Bonchev–Trinajstić information content (AvgIpc) is 3.17. The van der Waals surface area contributed by atoms with E-state index in [-0.39, 0.29) is 0 Å². The van der Waals surface area contributed by atoms with Gasteiger partial charge in [-0.15, -0.1) is 0 Å². The van der Waals surface area contributed by atoms with Gasteiger partial charge in [-0.25, -0.2) is 0 Å². The number of aromatic nitrogens is 4. The molecule has 1 saturated carbocycles. The second-order valence-electron chi connectivity index (χ2n) is 4.80. The Morgan fingerprint density at radius 3 is 2.83 bits per heavy atom. The van der Waals surface area contributed by atoms with Gasteiger partial charge in [0.15, 0.2) is 0 Å². The van der Waals surface area contributed by atoms with Crippen molar-refractivity contribution in [3.8, 4) is 0 Å². The van der Waals surface area contributed by atoms with E-state index in [0.29, 0.717) is 5.92 Å². The van der Waals surface area contributed by atoms with Crippen LogP contribution in [0.5, 0.6) is 0 Å². The Kier molecular flexibility index (Phi) is 2.70. The van der Waals surface area contributed by atoms with E-state index in [1.165, 1.54) is 24.1 Å². The standard InChI is InChI=1S/C14H16N4/c1-10(13-9-15-5-6-16-13)7-14-12(11-3-4-11)8-17-18(14)2/h5-9,11H,3-4H2,1-2H3/b10-7+. The van der Waals surface area contributed by atoms with Crippen LogP contribution in [0.2, 0.25) is 0 Å². The van der Waals surface area contributed by atoms with Crippen LogP contribution in [0.25, 0.3) is 11.6 Å². The summed E-state index contributed by atoms with van der Waals surface area (Å²) in [5.74, 6) is 0.708. The van der Waals surface area contributed by atoms with Crippen molar-refractivity contribution in [2.45, 2.75) is 25.7 Å². The van der Waals surface area contributed by atoms with Crippen molar-refractivity contribution in [3.63, 3.8) is 0 Å². The number of rotatable bonds is 3. The number of hydrogen-bond donors (Lipinski definition) is 0. The van der Waals surface area contributed by atoms with Gasteiger partial charge in [-0.1, -0.05) is 0 Å². The third-order valence-electron chi connectivity index (χ3n) is 3.35. The van der Waals surface area contributed by atoms with Crippen molar-refractivity contribution in [1.29, 1.82) is 0 Å². The summed E-state index contributed by atoms with van der Waals surface area (Å²) in [4.78, 5) is 8.42. The van der Waals surface area contributed by atoms with E-state index in [1.807, 2.05) is 17.9 Å². The molecule has 0 N–H and O–H groups in total. The van der Waals surface area contributed by atoms with Crippen molar-refractivity contribution < 1.29 is 0 Å². The van der Waals surface area contributed by atoms with Gasteiger partial charge >= 0.3 is 0 Å². The molecule has 1 aliphatic rings. The van der Waals surface area contributed by atoms with Crippen molar-refractivity contribution in [2.24, 2.45) is 7.05 Å². The lowest BCUT2D eigenvalue weighted by molar-refractivity contribution is 0.758. The fourth-order valence-corrected chi connectivity index (χ4v) is 2.13. The summed E-state index contributed by atoms with van der Waals surface area (Å²) in [6.45, 7) is 2.06. The summed E-state index contributed by atoms with van der Waals surface area (Å²) in [5, 5.41) is 4.36. The highest BCUT2D eigenvalue weighted by atomic mass is 15.3. The predicted octanol–water partition coefficient (Wildman–Crippen LogP) is 2.65. The lowest BCUT2D eigenvalue weighted by Crippen LogP contribution is -1.96. The van der Waals surface area contributed by atoms with Gasteiger partial charge in [0.2, 0.25) is 0 Å². The summed E-state index contributed by atoms with van der Waals surface area (Å²) in [7, 11) is 1.99. The van der Waals surface area contributed by atoms with Gasteiger partial charge in [-0.05, 0) is 37.3 Å². The molecule has 0 bridgehead atoms. The Bertz CT molecular complexity index is 579. The molecule has 0 aliphatic heterocycles. The summed E-state index contributed by atoms with van der Waals surface area (Å²) in [6.07, 6.45) is 11.9. The highest BCUT2D eigenvalue weighted by molar-refractivity contribution is 5.78. The largest absolute Gasteiger partial charge is 0.268 e. The molecule has 4 nitrogen and oxygen atoms in total. The molecule has 4 heteroatoms. The predicted molar refractivity (Wildman–Crippen MR) is 70.8 cm³/mol. The lowest BCUT2D eigenvalue weighted by atomic mass is 10.1. The number of aryl methyl sites for hydroxylation is 1. The Balaban J connectivity index is 1.98. The van der Waals surface area contributed by atoms with Gasteiger partial charge in [0.1, 0.15) is 0 Å². The third-order valence-corrected chi connectivity index (χ3v) is 3.35. The topological polar surface area (TPSA) is 43.6 Å². The van der Waals surface area contributed by atoms with E-state index in [1.54, 1.807) is 18.6 Å². The van der Waals surface area contributed by atoms with E-state index in [4.69, 9.17) is 0 Å². The second kappa shape index (κ2) is 4.37. The zero-order valence-corrected chi connectivity index (χ0v) is 10.7. The van der Waals surface area contributed by atoms with Gasteiger partial charge in [0.05, 0.1) is 23.8 Å². The Morgan fingerprint density at radius 1 is 1.33 bits per heavy atom. The normalized spacial score (nSPS) is 16.0. The molecule has 0 radical (unpaired) electrons. The Hall–Kier alpha value is -1.97. The molecule has 0 unspecified atom stereocenters. The van der Waals surface area contributed by atoms with Crippen LogP contribution in [0.3, 0.4) is 0 Å². The molecule has 0 aromatic carbocycles. The van der Waals surface area contributed by atoms with Crippen LogP contribution in [-0.2, 0) is 7.05 Å². The van der Waals surface area contributed by atoms with Crippen molar-refractivity contribution in [2.75, 3.05) is 0 Å². The van der Waals surface area contributed by atoms with Crippen molar-refractivity contribution in [1.82, 2.24) is 19.7 Å². The molecule has 1 fully saturated rings. The zero-order valence-electron chi connectivity index (χ0n) is 10.7. The molecule has 2 aromatic heterocycles. The fourth-order valence-electron chi connectivity index (χ4n) is 2.13. The molecule has 0 saturated heterocycles. The highest BCUT2D eigenvalue weighted by Gasteiger charge is 2.27. The van der Waals surface area contributed by atoms with Crippen molar-refractivity contribution in [3.05, 3.63) is 41.7 Å². The molecule has 0 amide bonds. The quantitative estimate of drug-likeness (QED) is 0.828. The average molecular weight is 240 g/mol. The van der Waals surface area contributed by atoms with Gasteiger partial charge in [0.25, 0.3) is 0 Å². The van der Waals surface area contributed by atoms with Crippen molar-refractivity contribution >= 4 is 11.6 Å². The molecule has 0 spiro atoms. The van der Waals surface area contributed by atoms with Crippen LogP contribution < -0.4 is 0 Å². The minimum atomic E-state index is 0.708. The van der Waals surface area contributed by atoms with E-state index >= 15 is 0 Å². The maximum absolute atomic E-state index is 4.36. The molecule has 18 heavy (non-hydrogen) atoms. The molecule has 0 atom stereocenters. The maximum Gasteiger partial charge on any atom is 0.0842 e. The Labute approximate surface area is 106 Å². The summed E-state index contributed by atoms with van der Waals surface area (Å²) in [5.41, 5.74) is 4.59. The third kappa shape index (κ3) is 2.06. The molecule has 2 heterocycles. The van der Waals surface area contributed by atoms with E-state index in [2.05, 4.69) is 28.1 Å². The van der Waals surface area contributed by atoms with Crippen LogP contribution in [0.15, 0.2) is 24.8 Å². The van der Waals surface area contributed by atoms with Crippen LogP contribution in [0.1, 0.15) is 42.6 Å². The summed E-state index contributed by atoms with van der Waals surface area (Å²) in [6, 6.07) is 0. The van der Waals surface area contributed by atoms with Gasteiger partial charge < -0.3 is 0 Å². The van der Waals surface area contributed by atoms with E-state index < -0.39 is 0 Å². The Morgan fingerprint density at radius 2 is 2.17 bits per heavy atom. The van der Waals surface area contributed by atoms with Crippen LogP contribution in [0.4, 0.5) is 0 Å². The highest BCUT2D eigenvalue weighted by Crippen LogP contribution is 2.42. The van der Waals surface area contributed by atoms with Gasteiger partial charge in [-0.3, -0.25) is 14.6 Å². The van der Waals surface area contributed by atoms with E-state index in [0.717, 1.165) is 11.3 Å². The molecule has 92 valence electrons. The second-order valence-corrected chi connectivity index (χ2v) is 4.80. The minimum Gasteiger partial charge on any atom is -0.268 e. The first-order valence-corrected chi connectivity index (χ1v) is 6.22. The smallest absolute Gasteiger partial charge is 0.0842 e.